The number of likely N-dealkylation sites (N-methyl/N-ethyl adjacent to an activating group) is 1. The maximum atomic E-state index is 12.8. The summed E-state index contributed by atoms with van der Waals surface area (Å²) in [7, 11) is 3.40. The van der Waals surface area contributed by atoms with E-state index in [9.17, 15) is 9.59 Å². The number of rotatable bonds is 2. The number of hydrogen-bond acceptors (Lipinski definition) is 3. The highest BCUT2D eigenvalue weighted by Crippen LogP contribution is 2.47. The maximum absolute atomic E-state index is 12.8. The first kappa shape index (κ1) is 14.7. The fourth-order valence-electron chi connectivity index (χ4n) is 3.50. The van der Waals surface area contributed by atoms with Crippen molar-refractivity contribution in [3.05, 3.63) is 23.8 Å². The summed E-state index contributed by atoms with van der Waals surface area (Å²) in [6, 6.07) is 5.59. The molecule has 2 heterocycles. The number of amides is 3. The molecule has 3 rings (SSSR count). The summed E-state index contributed by atoms with van der Waals surface area (Å²) < 4.78 is 5.30. The SMILES string of the molecule is CCNC(=O)N1CC[C@@]2(C1)C(=O)N(C)c1ccc(OC)cc12. The number of carbonyl (C=O) groups is 2. The van der Waals surface area contributed by atoms with Gasteiger partial charge in [-0.2, -0.15) is 0 Å². The molecule has 6 nitrogen and oxygen atoms in total. The molecule has 0 unspecified atom stereocenters. The summed E-state index contributed by atoms with van der Waals surface area (Å²) in [6.07, 6.45) is 0.646. The molecule has 2 aliphatic heterocycles. The van der Waals surface area contributed by atoms with E-state index in [4.69, 9.17) is 4.74 Å². The van der Waals surface area contributed by atoms with Gasteiger partial charge in [0.05, 0.1) is 12.5 Å². The molecule has 0 aliphatic carbocycles. The van der Waals surface area contributed by atoms with Crippen LogP contribution in [0.4, 0.5) is 10.5 Å². The van der Waals surface area contributed by atoms with Gasteiger partial charge in [-0.05, 0) is 37.1 Å². The lowest BCUT2D eigenvalue weighted by Gasteiger charge is -2.23. The second kappa shape index (κ2) is 5.19. The van der Waals surface area contributed by atoms with Crippen molar-refractivity contribution in [1.29, 1.82) is 0 Å². The Balaban J connectivity index is 1.98. The van der Waals surface area contributed by atoms with Gasteiger partial charge in [0.2, 0.25) is 5.91 Å². The highest BCUT2D eigenvalue weighted by atomic mass is 16.5. The van der Waals surface area contributed by atoms with Gasteiger partial charge in [0.25, 0.3) is 0 Å². The third kappa shape index (κ3) is 1.94. The van der Waals surface area contributed by atoms with Gasteiger partial charge in [-0.25, -0.2) is 4.79 Å². The zero-order chi connectivity index (χ0) is 15.9. The Morgan fingerprint density at radius 2 is 2.23 bits per heavy atom. The van der Waals surface area contributed by atoms with E-state index in [1.165, 1.54) is 0 Å². The van der Waals surface area contributed by atoms with E-state index in [2.05, 4.69) is 5.32 Å². The number of ether oxygens (including phenoxy) is 1. The molecular formula is C16H21N3O3. The van der Waals surface area contributed by atoms with Crippen molar-refractivity contribution < 1.29 is 14.3 Å². The van der Waals surface area contributed by atoms with E-state index in [1.807, 2.05) is 25.1 Å². The number of hydrogen-bond donors (Lipinski definition) is 1. The van der Waals surface area contributed by atoms with Crippen LogP contribution in [0.15, 0.2) is 18.2 Å². The van der Waals surface area contributed by atoms with Crippen LogP contribution in [-0.2, 0) is 10.2 Å². The number of likely N-dealkylation sites (tertiary alicyclic amines) is 1. The molecule has 1 spiro atoms. The van der Waals surface area contributed by atoms with Crippen molar-refractivity contribution in [3.63, 3.8) is 0 Å². The van der Waals surface area contributed by atoms with E-state index in [-0.39, 0.29) is 11.9 Å². The van der Waals surface area contributed by atoms with Gasteiger partial charge in [-0.3, -0.25) is 4.79 Å². The summed E-state index contributed by atoms with van der Waals surface area (Å²) >= 11 is 0. The molecule has 2 aliphatic rings. The Labute approximate surface area is 130 Å². The van der Waals surface area contributed by atoms with E-state index in [1.54, 1.807) is 24.0 Å². The predicted octanol–water partition coefficient (Wildman–Crippen LogP) is 1.34. The number of benzene rings is 1. The van der Waals surface area contributed by atoms with Gasteiger partial charge in [0.1, 0.15) is 5.75 Å². The van der Waals surface area contributed by atoms with Crippen LogP contribution in [0.25, 0.3) is 0 Å². The average Bonchev–Trinajstić information content (AvgIpc) is 3.06. The van der Waals surface area contributed by atoms with Crippen molar-refractivity contribution in [3.8, 4) is 5.75 Å². The second-order valence-electron chi connectivity index (χ2n) is 5.84. The number of anilines is 1. The summed E-state index contributed by atoms with van der Waals surface area (Å²) in [5.74, 6) is 0.792. The smallest absolute Gasteiger partial charge is 0.317 e. The Hall–Kier alpha value is -2.24. The second-order valence-corrected chi connectivity index (χ2v) is 5.84. The monoisotopic (exact) mass is 303 g/mol. The lowest BCUT2D eigenvalue weighted by molar-refractivity contribution is -0.122. The Bertz CT molecular complexity index is 631. The van der Waals surface area contributed by atoms with Gasteiger partial charge in [-0.1, -0.05) is 0 Å². The topological polar surface area (TPSA) is 61.9 Å². The standard InChI is InChI=1S/C16H21N3O3/c1-4-17-15(21)19-8-7-16(10-19)12-9-11(22-3)5-6-13(12)18(2)14(16)20/h5-6,9H,4,7-8,10H2,1-3H3,(H,17,21)/t16-/m0/s1. The summed E-state index contributed by atoms with van der Waals surface area (Å²) in [6.45, 7) is 3.48. The Morgan fingerprint density at radius 1 is 1.45 bits per heavy atom. The predicted molar refractivity (Wildman–Crippen MR) is 83.3 cm³/mol. The van der Waals surface area contributed by atoms with Gasteiger partial charge < -0.3 is 19.9 Å². The van der Waals surface area contributed by atoms with E-state index < -0.39 is 5.41 Å². The van der Waals surface area contributed by atoms with Crippen LogP contribution in [-0.4, -0.2) is 50.6 Å². The summed E-state index contributed by atoms with van der Waals surface area (Å²) in [5.41, 5.74) is 1.23. The van der Waals surface area contributed by atoms with Crippen LogP contribution in [0.3, 0.4) is 0 Å². The lowest BCUT2D eigenvalue weighted by atomic mass is 9.81. The molecule has 22 heavy (non-hydrogen) atoms. The molecule has 1 fully saturated rings. The third-order valence-corrected chi connectivity index (χ3v) is 4.68. The Kier molecular flexibility index (Phi) is 3.47. The fraction of sp³-hybridized carbons (Fsp3) is 0.500. The normalized spacial score (nSPS) is 23.1. The van der Waals surface area contributed by atoms with Crippen molar-refractivity contribution in [2.75, 3.05) is 38.7 Å². The van der Waals surface area contributed by atoms with Gasteiger partial charge in [-0.15, -0.1) is 0 Å². The summed E-state index contributed by atoms with van der Waals surface area (Å²) in [5, 5.41) is 2.80. The molecule has 1 aromatic rings. The molecule has 0 saturated carbocycles. The fourth-order valence-corrected chi connectivity index (χ4v) is 3.50. The van der Waals surface area contributed by atoms with Crippen LogP contribution in [0.2, 0.25) is 0 Å². The quantitative estimate of drug-likeness (QED) is 0.897. The molecule has 1 saturated heterocycles. The van der Waals surface area contributed by atoms with Crippen LogP contribution in [0.5, 0.6) is 5.75 Å². The molecule has 0 aromatic heterocycles. The first-order valence-corrected chi connectivity index (χ1v) is 7.53. The first-order valence-electron chi connectivity index (χ1n) is 7.53. The highest BCUT2D eigenvalue weighted by Gasteiger charge is 2.54. The van der Waals surface area contributed by atoms with Gasteiger partial charge in [0, 0.05) is 32.4 Å². The number of fused-ring (bicyclic) bond motifs is 2. The number of methoxy groups -OCH3 is 1. The number of nitrogens with one attached hydrogen (secondary N) is 1. The zero-order valence-corrected chi connectivity index (χ0v) is 13.2. The molecule has 1 aromatic carbocycles. The first-order chi connectivity index (χ1) is 10.5. The van der Waals surface area contributed by atoms with Crippen LogP contribution in [0, 0.1) is 0 Å². The van der Waals surface area contributed by atoms with Crippen LogP contribution in [0.1, 0.15) is 18.9 Å². The minimum absolute atomic E-state index is 0.0579. The molecule has 0 radical (unpaired) electrons. The number of nitrogens with zero attached hydrogens (tertiary/aromatic N) is 2. The number of urea groups is 1. The van der Waals surface area contributed by atoms with E-state index in [0.29, 0.717) is 26.1 Å². The largest absolute Gasteiger partial charge is 0.497 e. The molecular weight excluding hydrogens is 282 g/mol. The molecule has 6 heteroatoms. The molecule has 1 atom stereocenters. The average molecular weight is 303 g/mol. The minimum atomic E-state index is -0.635. The highest BCUT2D eigenvalue weighted by molar-refractivity contribution is 6.08. The van der Waals surface area contributed by atoms with Crippen molar-refractivity contribution in [1.82, 2.24) is 10.2 Å². The third-order valence-electron chi connectivity index (χ3n) is 4.68. The Morgan fingerprint density at radius 3 is 2.91 bits per heavy atom. The molecule has 0 bridgehead atoms. The van der Waals surface area contributed by atoms with Crippen molar-refractivity contribution in [2.24, 2.45) is 0 Å². The van der Waals surface area contributed by atoms with E-state index >= 15 is 0 Å². The lowest BCUT2D eigenvalue weighted by Crippen LogP contribution is -2.44. The van der Waals surface area contributed by atoms with Gasteiger partial charge in [0.15, 0.2) is 0 Å². The van der Waals surface area contributed by atoms with Crippen LogP contribution < -0.4 is 15.0 Å². The summed E-state index contributed by atoms with van der Waals surface area (Å²) in [4.78, 5) is 28.3. The molecule has 118 valence electrons. The van der Waals surface area contributed by atoms with Crippen molar-refractivity contribution in [2.45, 2.75) is 18.8 Å². The maximum Gasteiger partial charge on any atom is 0.317 e. The zero-order valence-electron chi connectivity index (χ0n) is 13.2. The minimum Gasteiger partial charge on any atom is -0.497 e. The molecule has 1 N–H and O–H groups in total. The van der Waals surface area contributed by atoms with Crippen molar-refractivity contribution >= 4 is 17.6 Å². The van der Waals surface area contributed by atoms with E-state index in [0.717, 1.165) is 17.0 Å². The van der Waals surface area contributed by atoms with Crippen LogP contribution >= 0.6 is 0 Å². The number of carbonyl (C=O) groups excluding carboxylic acids is 2. The van der Waals surface area contributed by atoms with Gasteiger partial charge >= 0.3 is 6.03 Å². The molecule has 3 amide bonds.